The molecule has 0 fully saturated rings. The standard InChI is InChI=1S/C13H19BrN2O/c1-15-8-3-9-16(2)13(17)10-11-4-6-12(14)7-5-11/h4-7,15H,3,8-10H2,1-2H3. The molecule has 0 radical (unpaired) electrons. The Morgan fingerprint density at radius 3 is 2.59 bits per heavy atom. The molecule has 1 aromatic carbocycles. The average molecular weight is 299 g/mol. The molecule has 4 heteroatoms. The zero-order chi connectivity index (χ0) is 12.7. The van der Waals surface area contributed by atoms with Gasteiger partial charge in [-0.15, -0.1) is 0 Å². The molecule has 0 heterocycles. The molecule has 0 spiro atoms. The summed E-state index contributed by atoms with van der Waals surface area (Å²) in [7, 11) is 3.78. The van der Waals surface area contributed by atoms with Crippen molar-refractivity contribution in [2.75, 3.05) is 27.2 Å². The van der Waals surface area contributed by atoms with Crippen LogP contribution in [0.15, 0.2) is 28.7 Å². The highest BCUT2D eigenvalue weighted by Gasteiger charge is 2.08. The second-order valence-electron chi connectivity index (χ2n) is 4.08. The van der Waals surface area contributed by atoms with Crippen LogP contribution < -0.4 is 5.32 Å². The van der Waals surface area contributed by atoms with Crippen LogP contribution in [0.3, 0.4) is 0 Å². The van der Waals surface area contributed by atoms with Crippen molar-refractivity contribution in [2.24, 2.45) is 0 Å². The monoisotopic (exact) mass is 298 g/mol. The molecule has 0 saturated carbocycles. The number of hydrogen-bond acceptors (Lipinski definition) is 2. The lowest BCUT2D eigenvalue weighted by atomic mass is 10.1. The Bertz CT molecular complexity index is 351. The summed E-state index contributed by atoms with van der Waals surface area (Å²) in [6, 6.07) is 7.88. The molecule has 0 atom stereocenters. The van der Waals surface area contributed by atoms with Crippen LogP contribution in [0.5, 0.6) is 0 Å². The predicted octanol–water partition coefficient (Wildman–Crippen LogP) is 2.06. The molecule has 1 amide bonds. The van der Waals surface area contributed by atoms with E-state index in [1.165, 1.54) is 0 Å². The molecule has 1 rings (SSSR count). The Hall–Kier alpha value is -0.870. The first-order valence-electron chi connectivity index (χ1n) is 5.76. The molecule has 0 unspecified atom stereocenters. The van der Waals surface area contributed by atoms with Crippen LogP contribution in [0.4, 0.5) is 0 Å². The van der Waals surface area contributed by atoms with Crippen molar-refractivity contribution >= 4 is 21.8 Å². The second-order valence-corrected chi connectivity index (χ2v) is 4.99. The van der Waals surface area contributed by atoms with E-state index in [2.05, 4.69) is 21.2 Å². The molecule has 94 valence electrons. The summed E-state index contributed by atoms with van der Waals surface area (Å²) in [6.07, 6.45) is 1.46. The first-order valence-corrected chi connectivity index (χ1v) is 6.56. The van der Waals surface area contributed by atoms with Gasteiger partial charge in [0.2, 0.25) is 5.91 Å². The molecule has 1 N–H and O–H groups in total. The Morgan fingerprint density at radius 1 is 1.35 bits per heavy atom. The van der Waals surface area contributed by atoms with Gasteiger partial charge in [0.1, 0.15) is 0 Å². The fourth-order valence-corrected chi connectivity index (χ4v) is 1.79. The van der Waals surface area contributed by atoms with E-state index in [1.54, 1.807) is 4.90 Å². The van der Waals surface area contributed by atoms with Gasteiger partial charge in [-0.05, 0) is 37.7 Å². The van der Waals surface area contributed by atoms with E-state index in [0.29, 0.717) is 6.42 Å². The minimum absolute atomic E-state index is 0.170. The molecule has 0 aliphatic heterocycles. The molecule has 0 saturated heterocycles. The molecule has 1 aromatic rings. The van der Waals surface area contributed by atoms with E-state index in [9.17, 15) is 4.79 Å². The zero-order valence-corrected chi connectivity index (χ0v) is 12.0. The van der Waals surface area contributed by atoms with Crippen molar-refractivity contribution in [3.05, 3.63) is 34.3 Å². The summed E-state index contributed by atoms with van der Waals surface area (Å²) in [5.41, 5.74) is 1.05. The summed E-state index contributed by atoms with van der Waals surface area (Å²) in [5, 5.41) is 3.07. The number of carbonyl (C=O) groups is 1. The number of benzene rings is 1. The van der Waals surface area contributed by atoms with Crippen molar-refractivity contribution in [3.8, 4) is 0 Å². The van der Waals surface area contributed by atoms with Gasteiger partial charge in [-0.1, -0.05) is 28.1 Å². The molecular weight excluding hydrogens is 280 g/mol. The molecule has 0 aromatic heterocycles. The number of hydrogen-bond donors (Lipinski definition) is 1. The molecule has 0 aliphatic rings. The molecule has 0 aliphatic carbocycles. The van der Waals surface area contributed by atoms with Crippen molar-refractivity contribution in [2.45, 2.75) is 12.8 Å². The number of halogens is 1. The van der Waals surface area contributed by atoms with Gasteiger partial charge in [-0.3, -0.25) is 4.79 Å². The lowest BCUT2D eigenvalue weighted by Crippen LogP contribution is -2.30. The van der Waals surface area contributed by atoms with Crippen molar-refractivity contribution in [1.29, 1.82) is 0 Å². The number of amides is 1. The van der Waals surface area contributed by atoms with Crippen LogP contribution in [0.2, 0.25) is 0 Å². The minimum Gasteiger partial charge on any atom is -0.345 e. The second kappa shape index (κ2) is 7.45. The van der Waals surface area contributed by atoms with Gasteiger partial charge in [0.05, 0.1) is 6.42 Å². The number of carbonyl (C=O) groups excluding carboxylic acids is 1. The third kappa shape index (κ3) is 5.33. The largest absolute Gasteiger partial charge is 0.345 e. The topological polar surface area (TPSA) is 32.3 Å². The smallest absolute Gasteiger partial charge is 0.226 e. The van der Waals surface area contributed by atoms with E-state index in [0.717, 1.165) is 29.5 Å². The quantitative estimate of drug-likeness (QED) is 0.816. The van der Waals surface area contributed by atoms with Crippen LogP contribution in [0, 0.1) is 0 Å². The van der Waals surface area contributed by atoms with Crippen molar-refractivity contribution < 1.29 is 4.79 Å². The van der Waals surface area contributed by atoms with Crippen LogP contribution in [0.25, 0.3) is 0 Å². The fourth-order valence-electron chi connectivity index (χ4n) is 1.53. The van der Waals surface area contributed by atoms with E-state index in [-0.39, 0.29) is 5.91 Å². The van der Waals surface area contributed by atoms with Gasteiger partial charge in [0.25, 0.3) is 0 Å². The number of likely N-dealkylation sites (N-methyl/N-ethyl adjacent to an activating group) is 1. The highest BCUT2D eigenvalue weighted by molar-refractivity contribution is 9.10. The fraction of sp³-hybridized carbons (Fsp3) is 0.462. The summed E-state index contributed by atoms with van der Waals surface area (Å²) < 4.78 is 1.04. The van der Waals surface area contributed by atoms with Gasteiger partial charge in [0.15, 0.2) is 0 Å². The number of nitrogens with zero attached hydrogens (tertiary/aromatic N) is 1. The maximum atomic E-state index is 11.9. The van der Waals surface area contributed by atoms with Crippen LogP contribution in [-0.4, -0.2) is 38.0 Å². The van der Waals surface area contributed by atoms with E-state index >= 15 is 0 Å². The summed E-state index contributed by atoms with van der Waals surface area (Å²) >= 11 is 3.38. The number of nitrogens with one attached hydrogen (secondary N) is 1. The van der Waals surface area contributed by atoms with Crippen LogP contribution in [0.1, 0.15) is 12.0 Å². The van der Waals surface area contributed by atoms with Gasteiger partial charge < -0.3 is 10.2 Å². The highest BCUT2D eigenvalue weighted by atomic mass is 79.9. The van der Waals surface area contributed by atoms with Crippen molar-refractivity contribution in [1.82, 2.24) is 10.2 Å². The third-order valence-electron chi connectivity index (χ3n) is 2.61. The van der Waals surface area contributed by atoms with Gasteiger partial charge in [-0.2, -0.15) is 0 Å². The Labute approximate surface area is 111 Å². The maximum absolute atomic E-state index is 11.9. The number of rotatable bonds is 6. The predicted molar refractivity (Wildman–Crippen MR) is 74.0 cm³/mol. The lowest BCUT2D eigenvalue weighted by molar-refractivity contribution is -0.129. The highest BCUT2D eigenvalue weighted by Crippen LogP contribution is 2.11. The van der Waals surface area contributed by atoms with Crippen molar-refractivity contribution in [3.63, 3.8) is 0 Å². The van der Waals surface area contributed by atoms with Crippen LogP contribution in [-0.2, 0) is 11.2 Å². The Balaban J connectivity index is 2.40. The first kappa shape index (κ1) is 14.2. The molecule has 0 bridgehead atoms. The lowest BCUT2D eigenvalue weighted by Gasteiger charge is -2.17. The summed E-state index contributed by atoms with van der Waals surface area (Å²) in [4.78, 5) is 13.7. The molecular formula is C13H19BrN2O. The summed E-state index contributed by atoms with van der Waals surface area (Å²) in [5.74, 6) is 0.170. The van der Waals surface area contributed by atoms with E-state index in [1.807, 2.05) is 38.4 Å². The first-order chi connectivity index (χ1) is 8.13. The normalized spacial score (nSPS) is 10.3. The third-order valence-corrected chi connectivity index (χ3v) is 3.14. The van der Waals surface area contributed by atoms with Gasteiger partial charge >= 0.3 is 0 Å². The van der Waals surface area contributed by atoms with Crippen LogP contribution >= 0.6 is 15.9 Å². The van der Waals surface area contributed by atoms with E-state index in [4.69, 9.17) is 0 Å². The van der Waals surface area contributed by atoms with E-state index < -0.39 is 0 Å². The average Bonchev–Trinajstić information content (AvgIpc) is 2.32. The molecule has 17 heavy (non-hydrogen) atoms. The Morgan fingerprint density at radius 2 is 2.00 bits per heavy atom. The zero-order valence-electron chi connectivity index (χ0n) is 10.4. The minimum atomic E-state index is 0.170. The van der Waals surface area contributed by atoms with Gasteiger partial charge in [0, 0.05) is 18.1 Å². The SMILES string of the molecule is CNCCCN(C)C(=O)Cc1ccc(Br)cc1. The summed E-state index contributed by atoms with van der Waals surface area (Å²) in [6.45, 7) is 1.74. The maximum Gasteiger partial charge on any atom is 0.226 e. The molecule has 3 nitrogen and oxygen atoms in total. The Kier molecular flexibility index (Phi) is 6.22. The van der Waals surface area contributed by atoms with Gasteiger partial charge in [-0.25, -0.2) is 0 Å².